The number of hydrogen-bond donors (Lipinski definition) is 2. The van der Waals surface area contributed by atoms with Gasteiger partial charge in [-0.2, -0.15) is 8.78 Å². The lowest BCUT2D eigenvalue weighted by molar-refractivity contribution is -0.0498. The van der Waals surface area contributed by atoms with Crippen LogP contribution in [0, 0.1) is 0 Å². The number of likely N-dealkylation sites (N-methyl/N-ethyl adjacent to an activating group) is 1. The zero-order chi connectivity index (χ0) is 14.4. The minimum absolute atomic E-state index is 0.0364. The molecule has 0 fully saturated rings. The van der Waals surface area contributed by atoms with E-state index in [1.54, 1.807) is 0 Å². The lowest BCUT2D eigenvalue weighted by Crippen LogP contribution is -2.35. The van der Waals surface area contributed by atoms with Gasteiger partial charge in [0, 0.05) is 12.6 Å². The van der Waals surface area contributed by atoms with Gasteiger partial charge in [0.15, 0.2) is 5.84 Å². The summed E-state index contributed by atoms with van der Waals surface area (Å²) >= 11 is 0. The molecule has 0 saturated carbocycles. The van der Waals surface area contributed by atoms with Crippen molar-refractivity contribution < 1.29 is 23.5 Å². The van der Waals surface area contributed by atoms with Gasteiger partial charge in [-0.3, -0.25) is 4.79 Å². The molecular formula is C11H13F2N3O3. The number of rotatable bonds is 5. The average molecular weight is 273 g/mol. The summed E-state index contributed by atoms with van der Waals surface area (Å²) in [5.41, 5.74) is 5.54. The van der Waals surface area contributed by atoms with Crippen LogP contribution in [0.4, 0.5) is 8.78 Å². The number of oxime groups is 1. The molecule has 6 nitrogen and oxygen atoms in total. The van der Waals surface area contributed by atoms with Crippen LogP contribution in [0.15, 0.2) is 29.4 Å². The Kier molecular flexibility index (Phi) is 5.04. The predicted molar refractivity (Wildman–Crippen MR) is 63.4 cm³/mol. The molecule has 0 spiro atoms. The van der Waals surface area contributed by atoms with Gasteiger partial charge < -0.3 is 20.6 Å². The Morgan fingerprint density at radius 3 is 2.53 bits per heavy atom. The molecule has 0 unspecified atom stereocenters. The average Bonchev–Trinajstić information content (AvgIpc) is 2.37. The lowest BCUT2D eigenvalue weighted by Gasteiger charge is -2.16. The van der Waals surface area contributed by atoms with Crippen LogP contribution in [0.25, 0.3) is 0 Å². The van der Waals surface area contributed by atoms with Crippen LogP contribution in [-0.2, 0) is 0 Å². The van der Waals surface area contributed by atoms with E-state index in [0.717, 1.165) is 0 Å². The maximum Gasteiger partial charge on any atom is 0.387 e. The molecule has 0 bridgehead atoms. The van der Waals surface area contributed by atoms with Crippen LogP contribution in [-0.4, -0.2) is 42.1 Å². The number of amides is 1. The highest BCUT2D eigenvalue weighted by molar-refractivity contribution is 5.96. The van der Waals surface area contributed by atoms with Crippen LogP contribution in [0.5, 0.6) is 5.75 Å². The van der Waals surface area contributed by atoms with Gasteiger partial charge in [0.25, 0.3) is 5.91 Å². The van der Waals surface area contributed by atoms with E-state index in [9.17, 15) is 13.6 Å². The number of carbonyl (C=O) groups excluding carboxylic acids is 1. The molecule has 1 amide bonds. The van der Waals surface area contributed by atoms with Crippen molar-refractivity contribution in [3.05, 3.63) is 29.8 Å². The van der Waals surface area contributed by atoms with Crippen LogP contribution in [0.3, 0.4) is 0 Å². The third-order valence-corrected chi connectivity index (χ3v) is 2.20. The smallest absolute Gasteiger partial charge is 0.387 e. The number of halogens is 2. The number of nitrogens with two attached hydrogens (primary N) is 1. The first-order valence-corrected chi connectivity index (χ1v) is 5.20. The molecule has 0 aromatic heterocycles. The Morgan fingerprint density at radius 2 is 2.05 bits per heavy atom. The standard InChI is InChI=1S/C11H13F2N3O3/c1-16(6-9(14)15-18)10(17)7-2-4-8(5-3-7)19-11(12)13/h2-5,11,18H,6H2,1H3,(H2,14,15). The highest BCUT2D eigenvalue weighted by Crippen LogP contribution is 2.15. The summed E-state index contributed by atoms with van der Waals surface area (Å²) in [5, 5.41) is 11.1. The monoisotopic (exact) mass is 273 g/mol. The van der Waals surface area contributed by atoms with E-state index in [2.05, 4.69) is 9.89 Å². The zero-order valence-corrected chi connectivity index (χ0v) is 10.1. The van der Waals surface area contributed by atoms with Crippen molar-refractivity contribution in [2.24, 2.45) is 10.9 Å². The fraction of sp³-hybridized carbons (Fsp3) is 0.273. The molecule has 0 aliphatic heterocycles. The number of hydrogen-bond acceptors (Lipinski definition) is 4. The van der Waals surface area contributed by atoms with E-state index >= 15 is 0 Å². The predicted octanol–water partition coefficient (Wildman–Crippen LogP) is 1.11. The molecule has 0 aliphatic rings. The molecular weight excluding hydrogens is 260 g/mol. The molecule has 3 N–H and O–H groups in total. The zero-order valence-electron chi connectivity index (χ0n) is 10.1. The van der Waals surface area contributed by atoms with Gasteiger partial charge in [0.1, 0.15) is 5.75 Å². The van der Waals surface area contributed by atoms with Gasteiger partial charge in [0.2, 0.25) is 0 Å². The van der Waals surface area contributed by atoms with E-state index in [4.69, 9.17) is 10.9 Å². The second-order valence-electron chi connectivity index (χ2n) is 3.66. The van der Waals surface area contributed by atoms with Crippen molar-refractivity contribution in [2.45, 2.75) is 6.61 Å². The minimum Gasteiger partial charge on any atom is -0.435 e. The second kappa shape index (κ2) is 6.53. The number of benzene rings is 1. The first-order valence-electron chi connectivity index (χ1n) is 5.20. The maximum absolute atomic E-state index is 11.9. The highest BCUT2D eigenvalue weighted by Gasteiger charge is 2.13. The fourth-order valence-corrected chi connectivity index (χ4v) is 1.35. The Morgan fingerprint density at radius 1 is 1.47 bits per heavy atom. The van der Waals surface area contributed by atoms with E-state index in [1.165, 1.54) is 36.2 Å². The molecule has 0 radical (unpaired) electrons. The minimum atomic E-state index is -2.91. The van der Waals surface area contributed by atoms with Gasteiger partial charge in [-0.25, -0.2) is 0 Å². The Bertz CT molecular complexity index is 463. The van der Waals surface area contributed by atoms with Gasteiger partial charge in [-0.1, -0.05) is 5.16 Å². The number of carbonyl (C=O) groups is 1. The fourth-order valence-electron chi connectivity index (χ4n) is 1.35. The summed E-state index contributed by atoms with van der Waals surface area (Å²) < 4.78 is 28.0. The third-order valence-electron chi connectivity index (χ3n) is 2.20. The molecule has 8 heteroatoms. The largest absolute Gasteiger partial charge is 0.435 e. The van der Waals surface area contributed by atoms with Crippen molar-refractivity contribution >= 4 is 11.7 Å². The van der Waals surface area contributed by atoms with Crippen molar-refractivity contribution in [1.82, 2.24) is 4.90 Å². The summed E-state index contributed by atoms with van der Waals surface area (Å²) in [6.07, 6.45) is 0. The quantitative estimate of drug-likeness (QED) is 0.364. The molecule has 1 rings (SSSR count). The Labute approximate surface area is 108 Å². The summed E-state index contributed by atoms with van der Waals surface area (Å²) in [5.74, 6) is -0.547. The van der Waals surface area contributed by atoms with Crippen molar-refractivity contribution in [3.63, 3.8) is 0 Å². The molecule has 19 heavy (non-hydrogen) atoms. The van der Waals surface area contributed by atoms with E-state index < -0.39 is 12.5 Å². The summed E-state index contributed by atoms with van der Waals surface area (Å²) in [6, 6.07) is 5.22. The van der Waals surface area contributed by atoms with E-state index in [0.29, 0.717) is 0 Å². The molecule has 1 aromatic carbocycles. The van der Waals surface area contributed by atoms with E-state index in [1.807, 2.05) is 0 Å². The number of amidine groups is 1. The molecule has 104 valence electrons. The van der Waals surface area contributed by atoms with Crippen LogP contribution >= 0.6 is 0 Å². The summed E-state index contributed by atoms with van der Waals surface area (Å²) in [4.78, 5) is 13.1. The Hall–Kier alpha value is -2.38. The van der Waals surface area contributed by atoms with Gasteiger partial charge >= 0.3 is 6.61 Å². The molecule has 1 aromatic rings. The van der Waals surface area contributed by atoms with Gasteiger partial charge in [0.05, 0.1) is 6.54 Å². The molecule has 0 aliphatic carbocycles. The summed E-state index contributed by atoms with van der Waals surface area (Å²) in [6.45, 7) is -2.96. The molecule has 0 atom stereocenters. The van der Waals surface area contributed by atoms with E-state index in [-0.39, 0.29) is 23.7 Å². The third kappa shape index (κ3) is 4.41. The first-order chi connectivity index (χ1) is 8.93. The molecule has 0 saturated heterocycles. The lowest BCUT2D eigenvalue weighted by atomic mass is 10.2. The number of alkyl halides is 2. The van der Waals surface area contributed by atoms with Crippen LogP contribution in [0.2, 0.25) is 0 Å². The SMILES string of the molecule is CN(CC(N)=NO)C(=O)c1ccc(OC(F)F)cc1. The molecule has 0 heterocycles. The van der Waals surface area contributed by atoms with Crippen LogP contribution < -0.4 is 10.5 Å². The van der Waals surface area contributed by atoms with Gasteiger partial charge in [-0.05, 0) is 24.3 Å². The van der Waals surface area contributed by atoms with Crippen LogP contribution in [0.1, 0.15) is 10.4 Å². The normalized spacial score (nSPS) is 11.5. The first kappa shape index (κ1) is 14.7. The summed E-state index contributed by atoms with van der Waals surface area (Å²) in [7, 11) is 1.46. The van der Waals surface area contributed by atoms with Crippen molar-refractivity contribution in [2.75, 3.05) is 13.6 Å². The van der Waals surface area contributed by atoms with Crippen molar-refractivity contribution in [3.8, 4) is 5.75 Å². The second-order valence-corrected chi connectivity index (χ2v) is 3.66. The van der Waals surface area contributed by atoms with Crippen molar-refractivity contribution in [1.29, 1.82) is 0 Å². The Balaban J connectivity index is 2.72. The highest BCUT2D eigenvalue weighted by atomic mass is 19.3. The number of nitrogens with zero attached hydrogens (tertiary/aromatic N) is 2. The maximum atomic E-state index is 11.9. The topological polar surface area (TPSA) is 88.1 Å². The number of ether oxygens (including phenoxy) is 1. The van der Waals surface area contributed by atoms with Gasteiger partial charge in [-0.15, -0.1) is 0 Å².